The van der Waals surface area contributed by atoms with E-state index in [0.717, 1.165) is 38.4 Å². The number of nitrogens with one attached hydrogen (secondary N) is 1. The van der Waals surface area contributed by atoms with Crippen LogP contribution in [0.5, 0.6) is 5.88 Å². The van der Waals surface area contributed by atoms with E-state index in [9.17, 15) is 9.18 Å². The van der Waals surface area contributed by atoms with Crippen LogP contribution in [0.4, 0.5) is 10.1 Å². The molecule has 0 radical (unpaired) electrons. The molecular weight excluding hydrogens is 337 g/mol. The van der Waals surface area contributed by atoms with Crippen LogP contribution in [0.3, 0.4) is 0 Å². The zero-order chi connectivity index (χ0) is 18.5. The van der Waals surface area contributed by atoms with Gasteiger partial charge in [0.2, 0.25) is 5.88 Å². The number of carbonyl (C=O) groups is 1. The van der Waals surface area contributed by atoms with E-state index in [1.807, 2.05) is 12.1 Å². The van der Waals surface area contributed by atoms with Crippen LogP contribution >= 0.6 is 0 Å². The number of carbonyl (C=O) groups excluding carboxylic acids is 1. The van der Waals surface area contributed by atoms with Gasteiger partial charge in [0.05, 0.1) is 7.11 Å². The number of anilines is 1. The summed E-state index contributed by atoms with van der Waals surface area (Å²) in [6, 6.07) is 6.60. The Kier molecular flexibility index (Phi) is 5.72. The lowest BCUT2D eigenvalue weighted by atomic mass is 10.2. The number of piperazine rings is 1. The summed E-state index contributed by atoms with van der Waals surface area (Å²) in [4.78, 5) is 16.8. The Morgan fingerprint density at radius 3 is 2.58 bits per heavy atom. The second kappa shape index (κ2) is 8.18. The topological polar surface area (TPSA) is 62.6 Å². The number of halogens is 1. The maximum Gasteiger partial charge on any atom is 0.258 e. The molecule has 0 unspecified atom stereocenters. The Labute approximate surface area is 152 Å². The minimum absolute atomic E-state index is 0.181. The fourth-order valence-corrected chi connectivity index (χ4v) is 3.08. The Bertz CT molecular complexity index is 739. The molecule has 0 atom stereocenters. The number of hydrogen-bond acceptors (Lipinski definition) is 5. The minimum Gasteiger partial charge on any atom is -0.479 e. The van der Waals surface area contributed by atoms with Crippen molar-refractivity contribution in [1.82, 2.24) is 20.0 Å². The van der Waals surface area contributed by atoms with E-state index in [0.29, 0.717) is 18.0 Å². The Hall–Kier alpha value is -2.61. The molecule has 1 fully saturated rings. The summed E-state index contributed by atoms with van der Waals surface area (Å²) in [7, 11) is 3.25. The monoisotopic (exact) mass is 361 g/mol. The summed E-state index contributed by atoms with van der Waals surface area (Å²) in [6.45, 7) is 4.93. The van der Waals surface area contributed by atoms with Gasteiger partial charge in [-0.05, 0) is 24.3 Å². The van der Waals surface area contributed by atoms with E-state index < -0.39 is 0 Å². The zero-order valence-corrected chi connectivity index (χ0v) is 15.1. The highest BCUT2D eigenvalue weighted by Crippen LogP contribution is 2.17. The van der Waals surface area contributed by atoms with Crippen molar-refractivity contribution >= 4 is 11.6 Å². The third-order valence-corrected chi connectivity index (χ3v) is 4.51. The molecule has 0 saturated carbocycles. The molecule has 26 heavy (non-hydrogen) atoms. The molecule has 1 aromatic heterocycles. The number of benzene rings is 1. The normalized spacial score (nSPS) is 15.1. The standard InChI is InChI=1S/C18H24FN5O2/c1-22-13-16(18(21-22)26-2)17(25)20-7-8-23-9-11-24(12-10-23)15-5-3-14(19)4-6-15/h3-6,13H,7-12H2,1-2H3,(H,20,25). The number of amides is 1. The lowest BCUT2D eigenvalue weighted by Gasteiger charge is -2.36. The molecule has 1 amide bonds. The third-order valence-electron chi connectivity index (χ3n) is 4.51. The van der Waals surface area contributed by atoms with Crippen LogP contribution in [-0.4, -0.2) is 67.0 Å². The van der Waals surface area contributed by atoms with Crippen molar-refractivity contribution in [2.45, 2.75) is 0 Å². The highest BCUT2D eigenvalue weighted by Gasteiger charge is 2.19. The Morgan fingerprint density at radius 2 is 1.92 bits per heavy atom. The van der Waals surface area contributed by atoms with Crippen LogP contribution in [0.25, 0.3) is 0 Å². The van der Waals surface area contributed by atoms with Gasteiger partial charge in [0.1, 0.15) is 11.4 Å². The maximum absolute atomic E-state index is 13.0. The number of ether oxygens (including phenoxy) is 1. The van der Waals surface area contributed by atoms with Crippen molar-refractivity contribution in [2.75, 3.05) is 51.3 Å². The molecular formula is C18H24FN5O2. The Balaban J connectivity index is 1.42. The number of methoxy groups -OCH3 is 1. The highest BCUT2D eigenvalue weighted by molar-refractivity contribution is 5.96. The average Bonchev–Trinajstić information content (AvgIpc) is 3.04. The minimum atomic E-state index is -0.214. The summed E-state index contributed by atoms with van der Waals surface area (Å²) in [5.74, 6) is -0.0637. The lowest BCUT2D eigenvalue weighted by molar-refractivity contribution is 0.0944. The molecule has 1 aromatic carbocycles. The first kappa shape index (κ1) is 18.2. The molecule has 3 rings (SSSR count). The van der Waals surface area contributed by atoms with E-state index in [1.165, 1.54) is 19.2 Å². The van der Waals surface area contributed by atoms with E-state index in [2.05, 4.69) is 20.2 Å². The summed E-state index contributed by atoms with van der Waals surface area (Å²) < 4.78 is 19.7. The van der Waals surface area contributed by atoms with Gasteiger partial charge in [-0.2, -0.15) is 0 Å². The third kappa shape index (κ3) is 4.32. The van der Waals surface area contributed by atoms with Crippen molar-refractivity contribution < 1.29 is 13.9 Å². The Morgan fingerprint density at radius 1 is 1.23 bits per heavy atom. The number of aromatic nitrogens is 2. The van der Waals surface area contributed by atoms with Gasteiger partial charge in [-0.25, -0.2) is 4.39 Å². The largest absolute Gasteiger partial charge is 0.479 e. The molecule has 0 aliphatic carbocycles. The average molecular weight is 361 g/mol. The summed E-state index contributed by atoms with van der Waals surface area (Å²) in [5.41, 5.74) is 1.49. The first-order valence-corrected chi connectivity index (χ1v) is 8.65. The van der Waals surface area contributed by atoms with Gasteiger partial charge in [-0.3, -0.25) is 14.4 Å². The lowest BCUT2D eigenvalue weighted by Crippen LogP contribution is -2.48. The van der Waals surface area contributed by atoms with Crippen LogP contribution in [0, 0.1) is 5.82 Å². The van der Waals surface area contributed by atoms with Crippen LogP contribution in [0.15, 0.2) is 30.5 Å². The number of hydrogen-bond donors (Lipinski definition) is 1. The van der Waals surface area contributed by atoms with E-state index >= 15 is 0 Å². The van der Waals surface area contributed by atoms with Crippen molar-refractivity contribution in [3.8, 4) is 5.88 Å². The molecule has 2 aromatic rings. The van der Waals surface area contributed by atoms with Gasteiger partial charge in [0.25, 0.3) is 5.91 Å². The first-order valence-electron chi connectivity index (χ1n) is 8.65. The predicted molar refractivity (Wildman–Crippen MR) is 97.1 cm³/mol. The van der Waals surface area contributed by atoms with Crippen LogP contribution < -0.4 is 15.0 Å². The SMILES string of the molecule is COc1nn(C)cc1C(=O)NCCN1CCN(c2ccc(F)cc2)CC1. The van der Waals surface area contributed by atoms with Crippen LogP contribution in [-0.2, 0) is 7.05 Å². The summed E-state index contributed by atoms with van der Waals surface area (Å²) >= 11 is 0. The molecule has 0 bridgehead atoms. The zero-order valence-electron chi connectivity index (χ0n) is 15.1. The molecule has 1 saturated heterocycles. The second-order valence-corrected chi connectivity index (χ2v) is 6.29. The van der Waals surface area contributed by atoms with E-state index in [-0.39, 0.29) is 11.7 Å². The molecule has 2 heterocycles. The van der Waals surface area contributed by atoms with Crippen LogP contribution in [0.2, 0.25) is 0 Å². The van der Waals surface area contributed by atoms with Crippen molar-refractivity contribution in [1.29, 1.82) is 0 Å². The quantitative estimate of drug-likeness (QED) is 0.835. The molecule has 8 heteroatoms. The highest BCUT2D eigenvalue weighted by atomic mass is 19.1. The number of nitrogens with zero attached hydrogens (tertiary/aromatic N) is 4. The fourth-order valence-electron chi connectivity index (χ4n) is 3.08. The molecule has 1 N–H and O–H groups in total. The molecule has 1 aliphatic rings. The van der Waals surface area contributed by atoms with Gasteiger partial charge in [-0.15, -0.1) is 5.10 Å². The van der Waals surface area contributed by atoms with Crippen molar-refractivity contribution in [3.05, 3.63) is 41.8 Å². The van der Waals surface area contributed by atoms with Gasteiger partial charge in [-0.1, -0.05) is 0 Å². The number of rotatable bonds is 6. The molecule has 7 nitrogen and oxygen atoms in total. The maximum atomic E-state index is 13.0. The van der Waals surface area contributed by atoms with Crippen molar-refractivity contribution in [2.24, 2.45) is 7.05 Å². The summed E-state index contributed by atoms with van der Waals surface area (Å²) in [6.07, 6.45) is 1.65. The fraction of sp³-hybridized carbons (Fsp3) is 0.444. The predicted octanol–water partition coefficient (Wildman–Crippen LogP) is 1.12. The van der Waals surface area contributed by atoms with Crippen molar-refractivity contribution in [3.63, 3.8) is 0 Å². The van der Waals surface area contributed by atoms with Gasteiger partial charge in [0.15, 0.2) is 0 Å². The van der Waals surface area contributed by atoms with Crippen LogP contribution in [0.1, 0.15) is 10.4 Å². The second-order valence-electron chi connectivity index (χ2n) is 6.29. The molecule has 1 aliphatic heterocycles. The first-order chi connectivity index (χ1) is 12.6. The summed E-state index contributed by atoms with van der Waals surface area (Å²) in [5, 5.41) is 7.00. The van der Waals surface area contributed by atoms with E-state index in [1.54, 1.807) is 17.9 Å². The number of aryl methyl sites for hydroxylation is 1. The van der Waals surface area contributed by atoms with Gasteiger partial charge < -0.3 is 15.0 Å². The molecule has 0 spiro atoms. The smallest absolute Gasteiger partial charge is 0.258 e. The molecule has 140 valence electrons. The van der Waals surface area contributed by atoms with E-state index in [4.69, 9.17) is 4.74 Å². The van der Waals surface area contributed by atoms with Gasteiger partial charge in [0, 0.05) is 58.2 Å². The van der Waals surface area contributed by atoms with Gasteiger partial charge >= 0.3 is 0 Å².